The molecule has 138 valence electrons. The van der Waals surface area contributed by atoms with Crippen molar-refractivity contribution < 1.29 is 14.0 Å². The minimum Gasteiger partial charge on any atom is -0.459 e. The van der Waals surface area contributed by atoms with E-state index in [4.69, 9.17) is 10.2 Å². The highest BCUT2D eigenvalue weighted by Gasteiger charge is 2.30. The molecule has 0 radical (unpaired) electrons. The van der Waals surface area contributed by atoms with Crippen LogP contribution < -0.4 is 10.6 Å². The van der Waals surface area contributed by atoms with Crippen molar-refractivity contribution in [2.75, 3.05) is 25.0 Å². The monoisotopic (exact) mass is 355 g/mol. The van der Waals surface area contributed by atoms with E-state index in [1.54, 1.807) is 22.9 Å². The summed E-state index contributed by atoms with van der Waals surface area (Å²) in [5, 5.41) is 0. The first-order valence-corrected chi connectivity index (χ1v) is 8.72. The van der Waals surface area contributed by atoms with Gasteiger partial charge in [-0.25, -0.2) is 0 Å². The van der Waals surface area contributed by atoms with Gasteiger partial charge in [-0.05, 0) is 29.7 Å². The maximum absolute atomic E-state index is 12.8. The van der Waals surface area contributed by atoms with Crippen LogP contribution in [-0.4, -0.2) is 36.9 Å². The second-order valence-electron chi connectivity index (χ2n) is 7.59. The van der Waals surface area contributed by atoms with Crippen LogP contribution in [0.5, 0.6) is 0 Å². The molecule has 6 heteroatoms. The molecular formula is C20H25N3O3. The van der Waals surface area contributed by atoms with Crippen LogP contribution in [0.25, 0.3) is 0 Å². The highest BCUT2D eigenvalue weighted by Crippen LogP contribution is 2.31. The summed E-state index contributed by atoms with van der Waals surface area (Å²) in [4.78, 5) is 28.5. The maximum Gasteiger partial charge on any atom is 0.289 e. The van der Waals surface area contributed by atoms with E-state index in [-0.39, 0.29) is 23.0 Å². The van der Waals surface area contributed by atoms with Gasteiger partial charge in [-0.1, -0.05) is 32.0 Å². The molecule has 0 bridgehead atoms. The molecule has 0 saturated heterocycles. The summed E-state index contributed by atoms with van der Waals surface area (Å²) in [5.41, 5.74) is 8.20. The van der Waals surface area contributed by atoms with Crippen LogP contribution in [0.1, 0.15) is 35.5 Å². The van der Waals surface area contributed by atoms with Gasteiger partial charge >= 0.3 is 0 Å². The minimum absolute atomic E-state index is 0.0309. The lowest BCUT2D eigenvalue weighted by Gasteiger charge is -2.28. The van der Waals surface area contributed by atoms with Gasteiger partial charge in [0.15, 0.2) is 5.76 Å². The van der Waals surface area contributed by atoms with Crippen LogP contribution in [0.3, 0.4) is 0 Å². The SMILES string of the molecule is CN(CC(C)(C)CN)C(=O)c1occc1CN1C(=O)Cc2ccccc21. The summed E-state index contributed by atoms with van der Waals surface area (Å²) in [5.74, 6) is 0.104. The van der Waals surface area contributed by atoms with Crippen molar-refractivity contribution >= 4 is 17.5 Å². The number of hydrogen-bond donors (Lipinski definition) is 1. The number of benzene rings is 1. The van der Waals surface area contributed by atoms with Gasteiger partial charge in [0.1, 0.15) is 0 Å². The Bertz CT molecular complexity index is 825. The molecule has 26 heavy (non-hydrogen) atoms. The molecule has 0 spiro atoms. The third-order valence-electron chi connectivity index (χ3n) is 4.76. The van der Waals surface area contributed by atoms with Crippen molar-refractivity contribution in [3.63, 3.8) is 0 Å². The fourth-order valence-corrected chi connectivity index (χ4v) is 3.26. The molecule has 1 aromatic heterocycles. The van der Waals surface area contributed by atoms with Crippen molar-refractivity contribution in [1.29, 1.82) is 0 Å². The molecule has 1 aliphatic heterocycles. The Kier molecular flexibility index (Phi) is 4.87. The number of para-hydroxylation sites is 1. The molecule has 2 heterocycles. The van der Waals surface area contributed by atoms with Crippen molar-refractivity contribution in [3.05, 3.63) is 53.5 Å². The topological polar surface area (TPSA) is 79.8 Å². The Hall–Kier alpha value is -2.60. The van der Waals surface area contributed by atoms with Gasteiger partial charge in [-0.2, -0.15) is 0 Å². The zero-order valence-corrected chi connectivity index (χ0v) is 15.5. The first kappa shape index (κ1) is 18.2. The van der Waals surface area contributed by atoms with Crippen molar-refractivity contribution in [3.8, 4) is 0 Å². The Morgan fingerprint density at radius 2 is 2.04 bits per heavy atom. The summed E-state index contributed by atoms with van der Waals surface area (Å²) in [6.45, 7) is 5.35. The molecule has 2 amide bonds. The van der Waals surface area contributed by atoms with Crippen molar-refractivity contribution in [2.45, 2.75) is 26.8 Å². The van der Waals surface area contributed by atoms with Gasteiger partial charge in [-0.15, -0.1) is 0 Å². The first-order chi connectivity index (χ1) is 12.3. The number of carbonyl (C=O) groups is 2. The van der Waals surface area contributed by atoms with Gasteiger partial charge in [0.2, 0.25) is 5.91 Å². The second-order valence-corrected chi connectivity index (χ2v) is 7.59. The van der Waals surface area contributed by atoms with Crippen molar-refractivity contribution in [2.24, 2.45) is 11.1 Å². The molecule has 2 N–H and O–H groups in total. The summed E-state index contributed by atoms with van der Waals surface area (Å²) >= 11 is 0. The zero-order chi connectivity index (χ0) is 18.9. The van der Waals surface area contributed by atoms with E-state index < -0.39 is 0 Å². The number of hydrogen-bond acceptors (Lipinski definition) is 4. The standard InChI is InChI=1S/C20H25N3O3/c1-20(2,12-21)13-22(3)19(25)18-15(8-9-26-18)11-23-16-7-5-4-6-14(16)10-17(23)24/h4-9H,10-13,21H2,1-3H3. The Morgan fingerprint density at radius 3 is 2.77 bits per heavy atom. The van der Waals surface area contributed by atoms with Crippen LogP contribution in [-0.2, 0) is 17.8 Å². The molecule has 1 aliphatic rings. The van der Waals surface area contributed by atoms with Gasteiger partial charge in [0.05, 0.1) is 19.2 Å². The number of fused-ring (bicyclic) bond motifs is 1. The minimum atomic E-state index is -0.202. The van der Waals surface area contributed by atoms with Crippen LogP contribution in [0.4, 0.5) is 5.69 Å². The fourth-order valence-electron chi connectivity index (χ4n) is 3.26. The van der Waals surface area contributed by atoms with Crippen LogP contribution in [0, 0.1) is 5.41 Å². The van der Waals surface area contributed by atoms with E-state index in [0.717, 1.165) is 11.3 Å². The van der Waals surface area contributed by atoms with E-state index >= 15 is 0 Å². The molecule has 1 aromatic carbocycles. The number of amides is 2. The highest BCUT2D eigenvalue weighted by atomic mass is 16.3. The normalized spacial score (nSPS) is 13.8. The lowest BCUT2D eigenvalue weighted by molar-refractivity contribution is -0.117. The molecule has 6 nitrogen and oxygen atoms in total. The van der Waals surface area contributed by atoms with Crippen molar-refractivity contribution in [1.82, 2.24) is 4.90 Å². The van der Waals surface area contributed by atoms with Crippen LogP contribution >= 0.6 is 0 Å². The lowest BCUT2D eigenvalue weighted by atomic mass is 9.93. The largest absolute Gasteiger partial charge is 0.459 e. The van der Waals surface area contributed by atoms with E-state index in [2.05, 4.69) is 0 Å². The first-order valence-electron chi connectivity index (χ1n) is 8.72. The molecule has 0 fully saturated rings. The maximum atomic E-state index is 12.8. The predicted octanol–water partition coefficient (Wildman–Crippen LogP) is 2.43. The molecule has 3 rings (SSSR count). The average Bonchev–Trinajstić information content (AvgIpc) is 3.19. The number of nitrogens with two attached hydrogens (primary N) is 1. The molecule has 0 aliphatic carbocycles. The summed E-state index contributed by atoms with van der Waals surface area (Å²) in [6.07, 6.45) is 1.89. The van der Waals surface area contributed by atoms with Gasteiger partial charge < -0.3 is 20.0 Å². The Morgan fingerprint density at radius 1 is 1.31 bits per heavy atom. The van der Waals surface area contributed by atoms with Gasteiger partial charge in [0.25, 0.3) is 5.91 Å². The second kappa shape index (κ2) is 6.96. The number of rotatable bonds is 6. The molecule has 0 atom stereocenters. The van der Waals surface area contributed by atoms with E-state index in [1.807, 2.05) is 38.1 Å². The molecule has 2 aromatic rings. The number of carbonyl (C=O) groups excluding carboxylic acids is 2. The number of furan rings is 1. The highest BCUT2D eigenvalue weighted by molar-refractivity contribution is 6.01. The predicted molar refractivity (Wildman–Crippen MR) is 99.8 cm³/mol. The van der Waals surface area contributed by atoms with E-state index in [1.165, 1.54) is 6.26 Å². The quantitative estimate of drug-likeness (QED) is 0.863. The Labute approximate surface area is 153 Å². The fraction of sp³-hybridized carbons (Fsp3) is 0.400. The summed E-state index contributed by atoms with van der Waals surface area (Å²) in [6, 6.07) is 9.48. The van der Waals surface area contributed by atoms with Crippen LogP contribution in [0.15, 0.2) is 41.0 Å². The average molecular weight is 355 g/mol. The third kappa shape index (κ3) is 3.51. The van der Waals surface area contributed by atoms with Crippen LogP contribution in [0.2, 0.25) is 0 Å². The van der Waals surface area contributed by atoms with Gasteiger partial charge in [-0.3, -0.25) is 9.59 Å². The Balaban J connectivity index is 1.79. The lowest BCUT2D eigenvalue weighted by Crippen LogP contribution is -2.40. The summed E-state index contributed by atoms with van der Waals surface area (Å²) < 4.78 is 5.47. The molecule has 0 saturated carbocycles. The molecule has 0 unspecified atom stereocenters. The van der Waals surface area contributed by atoms with E-state index in [9.17, 15) is 9.59 Å². The smallest absolute Gasteiger partial charge is 0.289 e. The zero-order valence-electron chi connectivity index (χ0n) is 15.5. The third-order valence-corrected chi connectivity index (χ3v) is 4.76. The number of anilines is 1. The van der Waals surface area contributed by atoms with Gasteiger partial charge in [0, 0.05) is 24.8 Å². The summed E-state index contributed by atoms with van der Waals surface area (Å²) in [7, 11) is 1.74. The number of nitrogens with zero attached hydrogens (tertiary/aromatic N) is 2. The van der Waals surface area contributed by atoms with E-state index in [0.29, 0.717) is 31.6 Å². The molecular weight excluding hydrogens is 330 g/mol.